The van der Waals surface area contributed by atoms with Gasteiger partial charge >= 0.3 is 12.1 Å². The fourth-order valence-corrected chi connectivity index (χ4v) is 6.53. The van der Waals surface area contributed by atoms with E-state index in [1.54, 1.807) is 67.7 Å². The average Bonchev–Trinajstić information content (AvgIpc) is 3.36. The summed E-state index contributed by atoms with van der Waals surface area (Å²) >= 11 is 0. The van der Waals surface area contributed by atoms with Crippen LogP contribution in [0.1, 0.15) is 55.2 Å². The Morgan fingerprint density at radius 1 is 1.04 bits per heavy atom. The van der Waals surface area contributed by atoms with E-state index in [1.807, 2.05) is 20.8 Å². The summed E-state index contributed by atoms with van der Waals surface area (Å²) in [6.07, 6.45) is -4.09. The molecule has 1 saturated heterocycles. The fraction of sp³-hybridized carbons (Fsp3) is 0.441. The van der Waals surface area contributed by atoms with Crippen molar-refractivity contribution in [3.8, 4) is 5.75 Å². The first kappa shape index (κ1) is 34.7. The quantitative estimate of drug-likeness (QED) is 0.290. The number of anilines is 1. The average molecular weight is 643 g/mol. The normalized spacial score (nSPS) is 20.8. The highest BCUT2D eigenvalue weighted by Crippen LogP contribution is 2.50. The second kappa shape index (κ2) is 13.7. The van der Waals surface area contributed by atoms with Crippen LogP contribution in [0.5, 0.6) is 5.75 Å². The number of carboxylic acids is 1. The van der Waals surface area contributed by atoms with E-state index in [2.05, 4.69) is 10.3 Å². The molecular weight excluding hydrogens is 601 g/mol. The number of halogens is 3. The standard InChI is InChI=1S/C34H41F3N4O5/c1-33(2,3)25-26(39-19-21-18-22(34(35,36)37)15-16-24(21)45-6)27(23-14-11-17-38-30(23)40(4)5)41(28(25)32(43)44)31(42)29(46-7)20-12-9-8-10-13-20/h8-18,25-29,39H,19H2,1-7H3,(H,43,44)/t25-,26-,27-,28-,29+/m0/s1. The summed E-state index contributed by atoms with van der Waals surface area (Å²) in [6, 6.07) is 12.6. The number of hydrogen-bond acceptors (Lipinski definition) is 7. The SMILES string of the molecule is COc1ccc(C(F)(F)F)cc1CN[C@H]1[C@H](C(C)(C)C)[C@@H](C(=O)O)N(C(=O)[C@H](OC)c2ccccc2)[C@H]1c1cccnc1N(C)C. The maximum Gasteiger partial charge on any atom is 0.416 e. The van der Waals surface area contributed by atoms with Crippen LogP contribution in [0.25, 0.3) is 0 Å². The number of carboxylic acid groups (broad SMARTS) is 1. The van der Waals surface area contributed by atoms with Crippen LogP contribution in [0.15, 0.2) is 66.9 Å². The number of likely N-dealkylation sites (tertiary alicyclic amines) is 1. The minimum Gasteiger partial charge on any atom is -0.496 e. The first-order chi connectivity index (χ1) is 21.6. The molecule has 2 N–H and O–H groups in total. The van der Waals surface area contributed by atoms with Gasteiger partial charge in [-0.25, -0.2) is 9.78 Å². The Morgan fingerprint density at radius 2 is 1.72 bits per heavy atom. The smallest absolute Gasteiger partial charge is 0.416 e. The molecule has 248 valence electrons. The molecule has 12 heteroatoms. The number of pyridine rings is 1. The lowest BCUT2D eigenvalue weighted by molar-refractivity contribution is -0.157. The Hall–Kier alpha value is -4.16. The number of carbonyl (C=O) groups excluding carboxylic acids is 1. The number of nitrogens with zero attached hydrogens (tertiary/aromatic N) is 3. The number of benzene rings is 2. The van der Waals surface area contributed by atoms with Crippen molar-refractivity contribution in [1.29, 1.82) is 0 Å². The van der Waals surface area contributed by atoms with Gasteiger partial charge in [0.25, 0.3) is 5.91 Å². The third-order valence-corrected chi connectivity index (χ3v) is 8.43. The lowest BCUT2D eigenvalue weighted by atomic mass is 9.72. The summed E-state index contributed by atoms with van der Waals surface area (Å²) in [5, 5.41) is 14.2. The third kappa shape index (κ3) is 6.97. The number of amides is 1. The van der Waals surface area contributed by atoms with Crippen LogP contribution in [0, 0.1) is 11.3 Å². The van der Waals surface area contributed by atoms with Crippen molar-refractivity contribution in [1.82, 2.24) is 15.2 Å². The van der Waals surface area contributed by atoms with Gasteiger partial charge < -0.3 is 29.7 Å². The van der Waals surface area contributed by atoms with Gasteiger partial charge in [0.1, 0.15) is 17.6 Å². The number of rotatable bonds is 10. The molecule has 0 aliphatic carbocycles. The first-order valence-electron chi connectivity index (χ1n) is 14.8. The largest absolute Gasteiger partial charge is 0.496 e. The van der Waals surface area contributed by atoms with Crippen LogP contribution in [0.2, 0.25) is 0 Å². The van der Waals surface area contributed by atoms with Crippen molar-refractivity contribution < 1.29 is 37.3 Å². The predicted octanol–water partition coefficient (Wildman–Crippen LogP) is 5.72. The summed E-state index contributed by atoms with van der Waals surface area (Å²) in [5.74, 6) is -1.73. The van der Waals surface area contributed by atoms with E-state index in [4.69, 9.17) is 9.47 Å². The molecule has 0 unspecified atom stereocenters. The van der Waals surface area contributed by atoms with Crippen molar-refractivity contribution in [2.45, 2.75) is 57.7 Å². The number of methoxy groups -OCH3 is 2. The molecule has 0 radical (unpaired) electrons. The summed E-state index contributed by atoms with van der Waals surface area (Å²) in [7, 11) is 6.35. The Morgan fingerprint density at radius 3 is 2.26 bits per heavy atom. The topological polar surface area (TPSA) is 104 Å². The second-order valence-corrected chi connectivity index (χ2v) is 12.6. The molecule has 1 aliphatic heterocycles. The van der Waals surface area contributed by atoms with Gasteiger partial charge in [-0.15, -0.1) is 0 Å². The molecule has 9 nitrogen and oxygen atoms in total. The van der Waals surface area contributed by atoms with E-state index < -0.39 is 59.2 Å². The molecule has 1 aliphatic rings. The van der Waals surface area contributed by atoms with E-state index in [1.165, 1.54) is 25.2 Å². The van der Waals surface area contributed by atoms with Crippen molar-refractivity contribution >= 4 is 17.7 Å². The number of aromatic nitrogens is 1. The van der Waals surface area contributed by atoms with E-state index >= 15 is 0 Å². The maximum absolute atomic E-state index is 14.6. The van der Waals surface area contributed by atoms with Crippen LogP contribution < -0.4 is 15.0 Å². The number of nitrogens with one attached hydrogen (secondary N) is 1. The second-order valence-electron chi connectivity index (χ2n) is 12.6. The molecule has 0 saturated carbocycles. The van der Waals surface area contributed by atoms with Crippen molar-refractivity contribution in [2.24, 2.45) is 11.3 Å². The number of ether oxygens (including phenoxy) is 2. The Bertz CT molecular complexity index is 1530. The highest BCUT2D eigenvalue weighted by atomic mass is 19.4. The molecule has 0 spiro atoms. The predicted molar refractivity (Wildman–Crippen MR) is 167 cm³/mol. The van der Waals surface area contributed by atoms with Crippen LogP contribution >= 0.6 is 0 Å². The molecule has 0 bridgehead atoms. The van der Waals surface area contributed by atoms with Crippen LogP contribution in [0.4, 0.5) is 19.0 Å². The summed E-state index contributed by atoms with van der Waals surface area (Å²) in [6.45, 7) is 5.57. The molecule has 2 heterocycles. The fourth-order valence-electron chi connectivity index (χ4n) is 6.53. The monoisotopic (exact) mass is 642 g/mol. The minimum absolute atomic E-state index is 0.0981. The Balaban J connectivity index is 1.94. The van der Waals surface area contributed by atoms with Crippen LogP contribution in [-0.4, -0.2) is 67.3 Å². The molecule has 1 fully saturated rings. The van der Waals surface area contributed by atoms with Gasteiger partial charge in [0.05, 0.1) is 18.7 Å². The molecule has 2 aromatic carbocycles. The number of alkyl halides is 3. The Labute approximate surface area is 267 Å². The highest BCUT2D eigenvalue weighted by molar-refractivity contribution is 5.89. The van der Waals surface area contributed by atoms with Gasteiger partial charge in [-0.1, -0.05) is 57.2 Å². The zero-order chi connectivity index (χ0) is 34.0. The van der Waals surface area contributed by atoms with Crippen molar-refractivity contribution in [3.63, 3.8) is 0 Å². The van der Waals surface area contributed by atoms with Crippen molar-refractivity contribution in [2.75, 3.05) is 33.2 Å². The van der Waals surface area contributed by atoms with Gasteiger partial charge in [-0.2, -0.15) is 13.2 Å². The van der Waals surface area contributed by atoms with Gasteiger partial charge in [0.15, 0.2) is 6.10 Å². The number of carbonyl (C=O) groups is 2. The number of hydrogen-bond donors (Lipinski definition) is 2. The molecule has 1 aromatic heterocycles. The number of aliphatic carboxylic acids is 1. The van der Waals surface area contributed by atoms with Gasteiger partial charge in [0, 0.05) is 57.0 Å². The lowest BCUT2D eigenvalue weighted by Gasteiger charge is -2.35. The molecule has 1 amide bonds. The third-order valence-electron chi connectivity index (χ3n) is 8.43. The maximum atomic E-state index is 14.6. The summed E-state index contributed by atoms with van der Waals surface area (Å²) < 4.78 is 52.2. The van der Waals surface area contributed by atoms with Crippen LogP contribution in [-0.2, 0) is 27.0 Å². The molecular formula is C34H41F3N4O5. The minimum atomic E-state index is -4.58. The lowest BCUT2D eigenvalue weighted by Crippen LogP contribution is -2.49. The van der Waals surface area contributed by atoms with Crippen molar-refractivity contribution in [3.05, 3.63) is 89.1 Å². The zero-order valence-electron chi connectivity index (χ0n) is 27.0. The van der Waals surface area contributed by atoms with Crippen LogP contribution in [0.3, 0.4) is 0 Å². The molecule has 46 heavy (non-hydrogen) atoms. The summed E-state index contributed by atoms with van der Waals surface area (Å²) in [5.41, 5.74) is -0.168. The van der Waals surface area contributed by atoms with E-state index in [9.17, 15) is 27.9 Å². The van der Waals surface area contributed by atoms with E-state index in [0.29, 0.717) is 16.9 Å². The molecule has 5 atom stereocenters. The Kier molecular flexibility index (Phi) is 10.3. The van der Waals surface area contributed by atoms with Gasteiger partial charge in [-0.3, -0.25) is 4.79 Å². The first-order valence-corrected chi connectivity index (χ1v) is 14.8. The highest BCUT2D eigenvalue weighted by Gasteiger charge is 2.59. The van der Waals surface area contributed by atoms with Gasteiger partial charge in [0.2, 0.25) is 0 Å². The molecule has 4 rings (SSSR count). The van der Waals surface area contributed by atoms with E-state index in [-0.39, 0.29) is 17.9 Å². The molecule has 3 aromatic rings. The zero-order valence-corrected chi connectivity index (χ0v) is 27.0. The van der Waals surface area contributed by atoms with E-state index in [0.717, 1.165) is 12.1 Å². The summed E-state index contributed by atoms with van der Waals surface area (Å²) in [4.78, 5) is 35.6. The van der Waals surface area contributed by atoms with Gasteiger partial charge in [-0.05, 0) is 35.2 Å².